The van der Waals surface area contributed by atoms with Crippen molar-refractivity contribution >= 4 is 17.8 Å². The third kappa shape index (κ3) is 6.07. The van der Waals surface area contributed by atoms with Crippen LogP contribution in [0.25, 0.3) is 0 Å². The Morgan fingerprint density at radius 2 is 1.86 bits per heavy atom. The highest BCUT2D eigenvalue weighted by atomic mass is 19.1. The van der Waals surface area contributed by atoms with E-state index in [2.05, 4.69) is 11.2 Å². The number of carbonyl (C=O) groups excluding carboxylic acids is 3. The van der Waals surface area contributed by atoms with E-state index in [0.717, 1.165) is 11.1 Å². The zero-order valence-corrected chi connectivity index (χ0v) is 20.7. The number of halogens is 1. The van der Waals surface area contributed by atoms with Gasteiger partial charge in [0, 0.05) is 26.6 Å². The Hall–Kier alpha value is -3.94. The lowest BCUT2D eigenvalue weighted by Gasteiger charge is -2.54. The molecule has 2 aliphatic heterocycles. The quantitative estimate of drug-likeness (QED) is 0.432. The Morgan fingerprint density at radius 1 is 1.14 bits per heavy atom. The fraction of sp³-hybridized carbons (Fsp3) is 0.370. The Bertz CT molecular complexity index is 1150. The van der Waals surface area contributed by atoms with Crippen molar-refractivity contribution in [1.82, 2.24) is 25.1 Å². The fourth-order valence-corrected chi connectivity index (χ4v) is 4.71. The van der Waals surface area contributed by atoms with E-state index < -0.39 is 18.2 Å². The minimum atomic E-state index is -0.776. The van der Waals surface area contributed by atoms with Gasteiger partial charge in [-0.2, -0.15) is 0 Å². The summed E-state index contributed by atoms with van der Waals surface area (Å²) in [6.07, 6.45) is 4.86. The number of terminal acetylenes is 1. The molecule has 2 saturated heterocycles. The number of rotatable bonds is 8. The molecule has 2 aromatic rings. The molecule has 9 nitrogen and oxygen atoms in total. The fourth-order valence-electron chi connectivity index (χ4n) is 4.71. The molecule has 2 fully saturated rings. The number of urea groups is 1. The van der Waals surface area contributed by atoms with Crippen LogP contribution in [-0.4, -0.2) is 89.8 Å². The maximum Gasteiger partial charge on any atom is 0.334 e. The van der Waals surface area contributed by atoms with E-state index in [1.54, 1.807) is 29.1 Å². The number of likely N-dealkylation sites (N-methyl/N-ethyl adjacent to an activating group) is 1. The van der Waals surface area contributed by atoms with Gasteiger partial charge in [-0.25, -0.2) is 19.2 Å². The molecule has 2 atom stereocenters. The van der Waals surface area contributed by atoms with Gasteiger partial charge in [0.1, 0.15) is 24.6 Å². The maximum absolute atomic E-state index is 13.6. The molecule has 0 saturated carbocycles. The molecule has 0 aliphatic carbocycles. The second kappa shape index (κ2) is 11.9. The Balaban J connectivity index is 1.58. The zero-order valence-electron chi connectivity index (χ0n) is 20.7. The number of amides is 4. The molecule has 0 radical (unpaired) electrons. The van der Waals surface area contributed by atoms with Crippen LogP contribution in [0.1, 0.15) is 11.1 Å². The Morgan fingerprint density at radius 3 is 2.57 bits per heavy atom. The smallest absolute Gasteiger partial charge is 0.334 e. The lowest BCUT2D eigenvalue weighted by molar-refractivity contribution is -0.187. The first-order chi connectivity index (χ1) is 17.9. The van der Waals surface area contributed by atoms with E-state index in [0.29, 0.717) is 6.42 Å². The number of nitrogens with one attached hydrogen (secondary N) is 1. The first kappa shape index (κ1) is 26.1. The first-order valence-electron chi connectivity index (χ1n) is 12.1. The van der Waals surface area contributed by atoms with Crippen molar-refractivity contribution in [2.45, 2.75) is 25.2 Å². The van der Waals surface area contributed by atoms with Crippen LogP contribution >= 0.6 is 0 Å². The molecule has 1 unspecified atom stereocenters. The van der Waals surface area contributed by atoms with Gasteiger partial charge in [0.05, 0.1) is 19.7 Å². The predicted octanol–water partition coefficient (Wildman–Crippen LogP) is 1.46. The number of benzene rings is 2. The summed E-state index contributed by atoms with van der Waals surface area (Å²) in [4.78, 5) is 43.3. The molecule has 1 N–H and O–H groups in total. The molecule has 0 aromatic heterocycles. The number of hydrogen-bond donors (Lipinski definition) is 1. The van der Waals surface area contributed by atoms with Crippen LogP contribution in [0.2, 0.25) is 0 Å². The van der Waals surface area contributed by atoms with E-state index in [9.17, 15) is 18.8 Å². The van der Waals surface area contributed by atoms with Crippen molar-refractivity contribution in [2.75, 3.05) is 39.9 Å². The van der Waals surface area contributed by atoms with E-state index in [1.807, 2.05) is 30.3 Å². The Labute approximate surface area is 215 Å². The summed E-state index contributed by atoms with van der Waals surface area (Å²) in [5, 5.41) is 5.89. The van der Waals surface area contributed by atoms with Crippen molar-refractivity contribution in [2.24, 2.45) is 0 Å². The van der Waals surface area contributed by atoms with Crippen LogP contribution in [0.15, 0.2) is 54.6 Å². The van der Waals surface area contributed by atoms with E-state index in [1.165, 1.54) is 22.0 Å². The lowest BCUT2D eigenvalue weighted by Crippen LogP contribution is -2.76. The third-order valence-electron chi connectivity index (χ3n) is 6.47. The molecule has 4 amide bonds. The highest BCUT2D eigenvalue weighted by Crippen LogP contribution is 2.27. The van der Waals surface area contributed by atoms with Crippen molar-refractivity contribution in [3.63, 3.8) is 0 Å². The van der Waals surface area contributed by atoms with Crippen LogP contribution in [0, 0.1) is 18.2 Å². The molecule has 0 bridgehead atoms. The predicted molar refractivity (Wildman–Crippen MR) is 134 cm³/mol. The number of piperazine rings is 1. The van der Waals surface area contributed by atoms with Gasteiger partial charge in [0.2, 0.25) is 11.8 Å². The molecule has 4 rings (SSSR count). The molecule has 2 aromatic carbocycles. The summed E-state index contributed by atoms with van der Waals surface area (Å²) in [5.74, 6) is 1.61. The summed E-state index contributed by atoms with van der Waals surface area (Å²) in [6, 6.07) is 14.1. The number of nitrogens with zero attached hydrogens (tertiary/aromatic N) is 4. The largest absolute Gasteiger partial charge is 0.367 e. The summed E-state index contributed by atoms with van der Waals surface area (Å²) < 4.78 is 18.6. The molecule has 2 heterocycles. The lowest BCUT2D eigenvalue weighted by atomic mass is 9.99. The monoisotopic (exact) mass is 507 g/mol. The SMILES string of the molecule is C#CCOCCN1CC2N(C(=O)CN(C)N2C(=O)NCc2ccc(F)cc2)[C@@H](Cc2ccccc2)C1=O. The second-order valence-electron chi connectivity index (χ2n) is 8.97. The van der Waals surface area contributed by atoms with Crippen LogP contribution in [-0.2, 0) is 27.3 Å². The highest BCUT2D eigenvalue weighted by molar-refractivity contribution is 5.91. The number of fused-ring (bicyclic) bond motifs is 1. The van der Waals surface area contributed by atoms with Crippen LogP contribution in [0.4, 0.5) is 9.18 Å². The van der Waals surface area contributed by atoms with Gasteiger partial charge < -0.3 is 19.9 Å². The summed E-state index contributed by atoms with van der Waals surface area (Å²) in [7, 11) is 1.66. The van der Waals surface area contributed by atoms with Crippen LogP contribution < -0.4 is 5.32 Å². The molecule has 37 heavy (non-hydrogen) atoms. The second-order valence-corrected chi connectivity index (χ2v) is 8.97. The summed E-state index contributed by atoms with van der Waals surface area (Å²) in [6.45, 7) is 0.901. The standard InChI is InChI=1S/C27H30FN5O4/c1-3-14-37-15-13-31-18-24-32(23(26(31)35)16-20-7-5-4-6-8-20)25(34)19-30(2)33(24)27(36)29-17-21-9-11-22(28)12-10-21/h1,4-12,23-24H,13-19H2,2H3,(H,29,36)/t23-,24?/m0/s1. The summed E-state index contributed by atoms with van der Waals surface area (Å²) in [5.41, 5.74) is 1.64. The Kier molecular flexibility index (Phi) is 8.38. The maximum atomic E-state index is 13.6. The number of hydrazine groups is 1. The number of hydrogen-bond acceptors (Lipinski definition) is 5. The normalized spacial score (nSPS) is 20.0. The minimum absolute atomic E-state index is 0.0513. The number of ether oxygens (including phenoxy) is 1. The van der Waals surface area contributed by atoms with E-state index in [-0.39, 0.29) is 57.0 Å². The van der Waals surface area contributed by atoms with Crippen molar-refractivity contribution in [1.29, 1.82) is 0 Å². The molecule has 0 spiro atoms. The highest BCUT2D eigenvalue weighted by Gasteiger charge is 2.50. The number of carbonyl (C=O) groups is 3. The molecule has 2 aliphatic rings. The molecule has 10 heteroatoms. The molecular weight excluding hydrogens is 477 g/mol. The van der Waals surface area contributed by atoms with Crippen molar-refractivity contribution in [3.8, 4) is 12.3 Å². The van der Waals surface area contributed by atoms with Crippen molar-refractivity contribution in [3.05, 3.63) is 71.5 Å². The van der Waals surface area contributed by atoms with E-state index in [4.69, 9.17) is 11.2 Å². The van der Waals surface area contributed by atoms with Crippen LogP contribution in [0.3, 0.4) is 0 Å². The third-order valence-corrected chi connectivity index (χ3v) is 6.47. The zero-order chi connectivity index (χ0) is 26.4. The van der Waals surface area contributed by atoms with Gasteiger partial charge >= 0.3 is 6.03 Å². The molecule has 194 valence electrons. The first-order valence-corrected chi connectivity index (χ1v) is 12.1. The summed E-state index contributed by atoms with van der Waals surface area (Å²) >= 11 is 0. The average Bonchev–Trinajstić information content (AvgIpc) is 2.89. The van der Waals surface area contributed by atoms with Crippen molar-refractivity contribution < 1.29 is 23.5 Å². The van der Waals surface area contributed by atoms with Gasteiger partial charge in [-0.15, -0.1) is 6.42 Å². The van der Waals surface area contributed by atoms with E-state index >= 15 is 0 Å². The van der Waals surface area contributed by atoms with Gasteiger partial charge in [-0.05, 0) is 23.3 Å². The average molecular weight is 508 g/mol. The minimum Gasteiger partial charge on any atom is -0.367 e. The topological polar surface area (TPSA) is 85.4 Å². The van der Waals surface area contributed by atoms with Gasteiger partial charge in [0.25, 0.3) is 0 Å². The molecular formula is C27H30FN5O4. The van der Waals surface area contributed by atoms with Gasteiger partial charge in [-0.1, -0.05) is 48.4 Å². The van der Waals surface area contributed by atoms with Crippen LogP contribution in [0.5, 0.6) is 0 Å². The van der Waals surface area contributed by atoms with Gasteiger partial charge in [-0.3, -0.25) is 9.59 Å². The van der Waals surface area contributed by atoms with Gasteiger partial charge in [0.15, 0.2) is 0 Å².